The number of aromatic nitrogens is 2. The maximum absolute atomic E-state index is 12.8. The van der Waals surface area contributed by atoms with E-state index in [0.29, 0.717) is 31.4 Å². The van der Waals surface area contributed by atoms with Crippen molar-refractivity contribution in [1.29, 1.82) is 0 Å². The van der Waals surface area contributed by atoms with Gasteiger partial charge in [-0.05, 0) is 42.4 Å². The van der Waals surface area contributed by atoms with Gasteiger partial charge in [0.25, 0.3) is 0 Å². The van der Waals surface area contributed by atoms with Crippen molar-refractivity contribution in [1.82, 2.24) is 14.5 Å². The van der Waals surface area contributed by atoms with Crippen LogP contribution in [0.2, 0.25) is 0 Å². The van der Waals surface area contributed by atoms with Crippen LogP contribution in [0.1, 0.15) is 51.6 Å². The number of aliphatic carboxylic acids is 1. The number of piperidine rings is 1. The average molecular weight is 446 g/mol. The van der Waals surface area contributed by atoms with Gasteiger partial charge in [0.1, 0.15) is 6.04 Å². The molecule has 1 aromatic carbocycles. The molecule has 3 rings (SSSR count). The summed E-state index contributed by atoms with van der Waals surface area (Å²) in [4.78, 5) is 48.0. The second-order valence-corrected chi connectivity index (χ2v) is 9.44. The van der Waals surface area contributed by atoms with E-state index >= 15 is 0 Å². The maximum Gasteiger partial charge on any atom is 0.329 e. The molecule has 0 saturated carbocycles. The Kier molecular flexibility index (Phi) is 6.88. The van der Waals surface area contributed by atoms with E-state index in [4.69, 9.17) is 4.74 Å². The molecule has 2 atom stereocenters. The lowest BCUT2D eigenvalue weighted by molar-refractivity contribution is -0.148. The zero-order valence-electron chi connectivity index (χ0n) is 19.0. The van der Waals surface area contributed by atoms with Crippen LogP contribution >= 0.6 is 0 Å². The third kappa shape index (κ3) is 4.93. The van der Waals surface area contributed by atoms with Gasteiger partial charge in [0.2, 0.25) is 11.8 Å². The summed E-state index contributed by atoms with van der Waals surface area (Å²) < 4.78 is 8.60. The SMILES string of the molecule is Cn1c(=O)n(C2CCC(=O)NC2=O)c2ccc(CCCOCC(C(=O)O)C(C)(C)C)cc21. The number of hydrogen-bond acceptors (Lipinski definition) is 5. The van der Waals surface area contributed by atoms with Gasteiger partial charge in [0, 0.05) is 20.1 Å². The fraction of sp³-hybridized carbons (Fsp3) is 0.565. The molecule has 32 heavy (non-hydrogen) atoms. The molecule has 0 bridgehead atoms. The van der Waals surface area contributed by atoms with Crippen molar-refractivity contribution in [3.63, 3.8) is 0 Å². The number of fused-ring (bicyclic) bond motifs is 1. The van der Waals surface area contributed by atoms with E-state index in [0.717, 1.165) is 11.1 Å². The van der Waals surface area contributed by atoms with Crippen LogP contribution in [0.15, 0.2) is 23.0 Å². The quantitative estimate of drug-likeness (QED) is 0.474. The fourth-order valence-corrected chi connectivity index (χ4v) is 4.07. The molecule has 1 aromatic heterocycles. The molecule has 1 aliphatic rings. The number of hydrogen-bond donors (Lipinski definition) is 2. The lowest BCUT2D eigenvalue weighted by Crippen LogP contribution is -2.44. The summed E-state index contributed by atoms with van der Waals surface area (Å²) in [5.41, 5.74) is 1.72. The van der Waals surface area contributed by atoms with Crippen molar-refractivity contribution < 1.29 is 24.2 Å². The highest BCUT2D eigenvalue weighted by Gasteiger charge is 2.32. The normalized spacial score (nSPS) is 18.1. The minimum Gasteiger partial charge on any atom is -0.481 e. The van der Waals surface area contributed by atoms with Crippen molar-refractivity contribution >= 4 is 28.8 Å². The van der Waals surface area contributed by atoms with E-state index in [1.54, 1.807) is 7.05 Å². The second kappa shape index (κ2) is 9.28. The minimum absolute atomic E-state index is 0.168. The number of carboxylic acids is 1. The third-order valence-electron chi connectivity index (χ3n) is 6.06. The summed E-state index contributed by atoms with van der Waals surface area (Å²) >= 11 is 0. The van der Waals surface area contributed by atoms with E-state index in [1.807, 2.05) is 39.0 Å². The zero-order valence-corrected chi connectivity index (χ0v) is 19.0. The number of imidazole rings is 1. The van der Waals surface area contributed by atoms with E-state index in [1.165, 1.54) is 9.13 Å². The molecule has 9 nitrogen and oxygen atoms in total. The molecule has 2 N–H and O–H groups in total. The van der Waals surface area contributed by atoms with Crippen molar-refractivity contribution in [2.24, 2.45) is 18.4 Å². The van der Waals surface area contributed by atoms with Crippen molar-refractivity contribution in [2.45, 2.75) is 52.5 Å². The lowest BCUT2D eigenvalue weighted by atomic mass is 9.81. The minimum atomic E-state index is -0.857. The summed E-state index contributed by atoms with van der Waals surface area (Å²) in [5, 5.41) is 11.7. The van der Waals surface area contributed by atoms with Crippen LogP contribution in [-0.2, 0) is 32.6 Å². The number of benzene rings is 1. The van der Waals surface area contributed by atoms with E-state index < -0.39 is 23.8 Å². The number of aryl methyl sites for hydroxylation is 2. The number of carboxylic acid groups (broad SMARTS) is 1. The topological polar surface area (TPSA) is 120 Å². The second-order valence-electron chi connectivity index (χ2n) is 9.44. The molecule has 174 valence electrons. The molecule has 1 aliphatic heterocycles. The van der Waals surface area contributed by atoms with Crippen LogP contribution < -0.4 is 11.0 Å². The van der Waals surface area contributed by atoms with E-state index in [-0.39, 0.29) is 30.0 Å². The molecular weight excluding hydrogens is 414 g/mol. The van der Waals surface area contributed by atoms with Gasteiger partial charge in [-0.2, -0.15) is 0 Å². The molecule has 9 heteroatoms. The van der Waals surface area contributed by atoms with Crippen LogP contribution in [0.3, 0.4) is 0 Å². The molecule has 2 aromatic rings. The molecule has 1 saturated heterocycles. The van der Waals surface area contributed by atoms with Gasteiger partial charge in [-0.1, -0.05) is 26.8 Å². The summed E-state index contributed by atoms with van der Waals surface area (Å²) in [5.74, 6) is -2.20. The number of nitrogens with one attached hydrogen (secondary N) is 1. The van der Waals surface area contributed by atoms with E-state index in [2.05, 4.69) is 5.32 Å². The summed E-state index contributed by atoms with van der Waals surface area (Å²) in [6, 6.07) is 4.97. The summed E-state index contributed by atoms with van der Waals surface area (Å²) in [7, 11) is 1.67. The van der Waals surface area contributed by atoms with Crippen LogP contribution in [0, 0.1) is 11.3 Å². The molecule has 0 aliphatic carbocycles. The molecule has 0 radical (unpaired) electrons. The average Bonchev–Trinajstić information content (AvgIpc) is 2.94. The van der Waals surface area contributed by atoms with Crippen LogP contribution in [0.4, 0.5) is 0 Å². The molecule has 2 amide bonds. The first-order chi connectivity index (χ1) is 15.0. The fourth-order valence-electron chi connectivity index (χ4n) is 4.07. The predicted molar refractivity (Wildman–Crippen MR) is 118 cm³/mol. The number of carbonyl (C=O) groups excluding carboxylic acids is 2. The predicted octanol–water partition coefficient (Wildman–Crippen LogP) is 2.01. The smallest absolute Gasteiger partial charge is 0.329 e. The van der Waals surface area contributed by atoms with Crippen LogP contribution in [0.5, 0.6) is 0 Å². The van der Waals surface area contributed by atoms with Crippen molar-refractivity contribution in [3.8, 4) is 0 Å². The van der Waals surface area contributed by atoms with Gasteiger partial charge in [0.05, 0.1) is 23.6 Å². The highest BCUT2D eigenvalue weighted by Crippen LogP contribution is 2.27. The molecule has 2 unspecified atom stereocenters. The van der Waals surface area contributed by atoms with Crippen LogP contribution in [0.25, 0.3) is 11.0 Å². The number of rotatable bonds is 8. The molecule has 2 heterocycles. The largest absolute Gasteiger partial charge is 0.481 e. The van der Waals surface area contributed by atoms with Crippen LogP contribution in [-0.4, -0.2) is 45.2 Å². The number of ether oxygens (including phenoxy) is 1. The van der Waals surface area contributed by atoms with E-state index in [9.17, 15) is 24.3 Å². The Hall–Kier alpha value is -2.94. The number of imide groups is 1. The number of amides is 2. The third-order valence-corrected chi connectivity index (χ3v) is 6.06. The van der Waals surface area contributed by atoms with Crippen molar-refractivity contribution in [2.75, 3.05) is 13.2 Å². The van der Waals surface area contributed by atoms with Crippen molar-refractivity contribution in [3.05, 3.63) is 34.2 Å². The number of nitrogens with zero attached hydrogens (tertiary/aromatic N) is 2. The summed E-state index contributed by atoms with van der Waals surface area (Å²) in [6.07, 6.45) is 1.93. The Labute approximate surface area is 186 Å². The standard InChI is InChI=1S/C23H31N3O6/c1-23(2,3)15(21(29)30)13-32-11-5-6-14-7-8-16-18(12-14)25(4)22(31)26(16)17-9-10-19(27)24-20(17)28/h7-8,12,15,17H,5-6,9-11,13H2,1-4H3,(H,29,30)(H,24,27,28). The summed E-state index contributed by atoms with van der Waals surface area (Å²) in [6.45, 7) is 6.26. The Morgan fingerprint density at radius 1 is 1.25 bits per heavy atom. The first-order valence-corrected chi connectivity index (χ1v) is 10.8. The molecular formula is C23H31N3O6. The maximum atomic E-state index is 12.8. The zero-order chi connectivity index (χ0) is 23.6. The highest BCUT2D eigenvalue weighted by atomic mass is 16.5. The Bertz CT molecular complexity index is 1090. The van der Waals surface area contributed by atoms with Gasteiger partial charge in [-0.25, -0.2) is 4.79 Å². The monoisotopic (exact) mass is 445 g/mol. The number of carbonyl (C=O) groups is 3. The Balaban J connectivity index is 1.67. The molecule has 0 spiro atoms. The van der Waals surface area contributed by atoms with Gasteiger partial charge in [-0.15, -0.1) is 0 Å². The Morgan fingerprint density at radius 2 is 1.97 bits per heavy atom. The first-order valence-electron chi connectivity index (χ1n) is 10.8. The first kappa shape index (κ1) is 23.7. The van der Waals surface area contributed by atoms with Gasteiger partial charge < -0.3 is 9.84 Å². The van der Waals surface area contributed by atoms with Gasteiger partial charge in [0.15, 0.2) is 0 Å². The highest BCUT2D eigenvalue weighted by molar-refractivity contribution is 6.00. The molecule has 1 fully saturated rings. The van der Waals surface area contributed by atoms with Gasteiger partial charge in [-0.3, -0.25) is 28.8 Å². The Morgan fingerprint density at radius 3 is 2.59 bits per heavy atom. The lowest BCUT2D eigenvalue weighted by Gasteiger charge is -2.26. The van der Waals surface area contributed by atoms with Gasteiger partial charge >= 0.3 is 11.7 Å².